The van der Waals surface area contributed by atoms with Crippen LogP contribution in [-0.2, 0) is 15.8 Å². The second-order valence-corrected chi connectivity index (χ2v) is 11.4. The molecule has 4 saturated carbocycles. The predicted octanol–water partition coefficient (Wildman–Crippen LogP) is 4.89. The number of ketones is 1. The Hall–Kier alpha value is -1.01. The highest BCUT2D eigenvalue weighted by Crippen LogP contribution is 2.66. The zero-order valence-electron chi connectivity index (χ0n) is 16.7. The van der Waals surface area contributed by atoms with Gasteiger partial charge in [-0.3, -0.25) is 4.79 Å². The molecule has 1 aromatic rings. The highest BCUT2D eigenvalue weighted by Gasteiger charge is 2.58. The van der Waals surface area contributed by atoms with Gasteiger partial charge in [-0.2, -0.15) is 8.42 Å². The van der Waals surface area contributed by atoms with Crippen molar-refractivity contribution in [3.05, 3.63) is 24.3 Å². The molecule has 0 aromatic heterocycles. The Labute approximate surface area is 174 Å². The summed E-state index contributed by atoms with van der Waals surface area (Å²) in [4.78, 5) is 14.3. The second-order valence-electron chi connectivity index (χ2n) is 9.63. The number of hydrogen-bond acceptors (Lipinski definition) is 5. The average Bonchev–Trinajstić information content (AvgIpc) is 2.61. The molecule has 28 heavy (non-hydrogen) atoms. The van der Waals surface area contributed by atoms with Gasteiger partial charge < -0.3 is 4.18 Å². The van der Waals surface area contributed by atoms with Crippen LogP contribution in [0.1, 0.15) is 58.8 Å². The average molecular weight is 423 g/mol. The Balaban J connectivity index is 1.34. The monoisotopic (exact) mass is 422 g/mol. The van der Waals surface area contributed by atoms with Gasteiger partial charge in [0.05, 0.1) is 0 Å². The first-order valence-corrected chi connectivity index (χ1v) is 12.4. The number of hydrogen-bond donors (Lipinski definition) is 1. The fourth-order valence-electron chi connectivity index (χ4n) is 6.43. The Morgan fingerprint density at radius 2 is 1.61 bits per heavy atom. The van der Waals surface area contributed by atoms with E-state index in [9.17, 15) is 13.2 Å². The van der Waals surface area contributed by atoms with Crippen LogP contribution >= 0.6 is 11.8 Å². The van der Waals surface area contributed by atoms with Gasteiger partial charge in [-0.25, -0.2) is 0 Å². The van der Waals surface area contributed by atoms with Crippen molar-refractivity contribution in [1.29, 1.82) is 0 Å². The minimum atomic E-state index is -2.88. The van der Waals surface area contributed by atoms with Gasteiger partial charge in [-0.15, -0.1) is 11.8 Å². The maximum Gasteiger partial charge on any atom is 0.299 e. The third-order valence-electron chi connectivity index (χ3n) is 7.66. The summed E-state index contributed by atoms with van der Waals surface area (Å²) in [5, 5.41) is 0. The molecular weight excluding hydrogens is 392 g/mol. The fourth-order valence-corrected chi connectivity index (χ4v) is 7.57. The number of Topliss-reactive ketones (excluding diaryl/α,β-unsaturated/α-hetero) is 1. The smallest absolute Gasteiger partial charge is 0.299 e. The second kappa shape index (κ2) is 7.67. The molecule has 4 nitrogen and oxygen atoms in total. The summed E-state index contributed by atoms with van der Waals surface area (Å²) < 4.78 is 25.9. The Kier molecular flexibility index (Phi) is 5.56. The van der Waals surface area contributed by atoms with Crippen molar-refractivity contribution in [3.63, 3.8) is 0 Å². The number of thioether (sulfide) groups is 1. The van der Waals surface area contributed by atoms with Crippen LogP contribution < -0.4 is 4.18 Å². The summed E-state index contributed by atoms with van der Waals surface area (Å²) in [7, 11) is -2.88. The third-order valence-corrected chi connectivity index (χ3v) is 9.04. The van der Waals surface area contributed by atoms with Gasteiger partial charge in [0.1, 0.15) is 11.5 Å². The normalized spacial score (nSPS) is 31.3. The molecule has 0 atom stereocenters. The highest BCUT2D eigenvalue weighted by atomic mass is 32.2. The molecule has 0 spiro atoms. The molecule has 154 valence electrons. The lowest BCUT2D eigenvalue weighted by atomic mass is 9.42. The van der Waals surface area contributed by atoms with Crippen molar-refractivity contribution in [2.45, 2.75) is 63.7 Å². The lowest BCUT2D eigenvalue weighted by molar-refractivity contribution is -0.154. The van der Waals surface area contributed by atoms with Gasteiger partial charge in [-0.1, -0.05) is 13.8 Å². The van der Waals surface area contributed by atoms with Crippen LogP contribution in [0.25, 0.3) is 0 Å². The van der Waals surface area contributed by atoms with Gasteiger partial charge in [0.2, 0.25) is 0 Å². The molecule has 4 aliphatic carbocycles. The zero-order valence-corrected chi connectivity index (χ0v) is 18.4. The van der Waals surface area contributed by atoms with E-state index in [1.165, 1.54) is 38.5 Å². The molecule has 4 aliphatic rings. The maximum absolute atomic E-state index is 13.2. The third kappa shape index (κ3) is 3.87. The summed E-state index contributed by atoms with van der Waals surface area (Å²) in [6, 6.07) is 6.98. The Morgan fingerprint density at radius 1 is 1.07 bits per heavy atom. The van der Waals surface area contributed by atoms with Gasteiger partial charge in [0, 0.05) is 22.5 Å². The van der Waals surface area contributed by atoms with Crippen molar-refractivity contribution >= 4 is 28.5 Å². The summed E-state index contributed by atoms with van der Waals surface area (Å²) in [6.07, 6.45) is 8.57. The standard InChI is InChI=1S/C22H30O4S2/c1-21(2,22-12-15-9-16(13-22)11-17(10-15)14-22)20(23)7-8-27-19-5-3-18(4-6-19)26-28(24)25/h3-6,15-17,28H,7-14H2,1-2H3. The van der Waals surface area contributed by atoms with Crippen LogP contribution in [0.4, 0.5) is 0 Å². The number of carbonyl (C=O) groups excluding carboxylic acids is 1. The number of carbonyl (C=O) groups is 1. The number of benzene rings is 1. The van der Waals surface area contributed by atoms with E-state index in [4.69, 9.17) is 0 Å². The first-order valence-electron chi connectivity index (χ1n) is 10.4. The van der Waals surface area contributed by atoms with Crippen molar-refractivity contribution < 1.29 is 17.4 Å². The molecule has 0 heterocycles. The SMILES string of the molecule is CC(C)(C(=O)CCSc1ccc(O[SH](=O)=O)cc1)C12CC3CC(CC(C3)C1)C2. The van der Waals surface area contributed by atoms with Gasteiger partial charge in [-0.05, 0) is 86.0 Å². The number of rotatable bonds is 8. The van der Waals surface area contributed by atoms with Crippen molar-refractivity contribution in [3.8, 4) is 5.75 Å². The van der Waals surface area contributed by atoms with Crippen molar-refractivity contribution in [2.24, 2.45) is 28.6 Å². The van der Waals surface area contributed by atoms with Crippen LogP contribution in [0.5, 0.6) is 5.75 Å². The molecule has 5 rings (SSSR count). The molecule has 4 bridgehead atoms. The molecule has 0 amide bonds. The van der Waals surface area contributed by atoms with E-state index in [0.717, 1.165) is 28.4 Å². The van der Waals surface area contributed by atoms with Crippen LogP contribution in [0.2, 0.25) is 0 Å². The van der Waals surface area contributed by atoms with E-state index >= 15 is 0 Å². The van der Waals surface area contributed by atoms with E-state index in [-0.39, 0.29) is 10.8 Å². The molecule has 0 N–H and O–H groups in total. The highest BCUT2D eigenvalue weighted by molar-refractivity contribution is 7.99. The molecule has 0 unspecified atom stereocenters. The lowest BCUT2D eigenvalue weighted by Crippen LogP contribution is -2.55. The Bertz CT molecular complexity index is 767. The minimum Gasteiger partial charge on any atom is -0.384 e. The Morgan fingerprint density at radius 3 is 2.11 bits per heavy atom. The summed E-state index contributed by atoms with van der Waals surface area (Å²) in [5.74, 6) is 4.06. The summed E-state index contributed by atoms with van der Waals surface area (Å²) in [6.45, 7) is 4.42. The van der Waals surface area contributed by atoms with Crippen molar-refractivity contribution in [2.75, 3.05) is 5.75 Å². The molecule has 6 heteroatoms. The molecule has 1 aromatic carbocycles. The molecule has 0 aliphatic heterocycles. The van der Waals surface area contributed by atoms with E-state index in [2.05, 4.69) is 18.0 Å². The van der Waals surface area contributed by atoms with Crippen molar-refractivity contribution in [1.82, 2.24) is 0 Å². The number of thiol groups is 1. The van der Waals surface area contributed by atoms with E-state index in [1.54, 1.807) is 23.9 Å². The predicted molar refractivity (Wildman–Crippen MR) is 112 cm³/mol. The lowest BCUT2D eigenvalue weighted by Gasteiger charge is -2.62. The van der Waals surface area contributed by atoms with Crippen LogP contribution in [0.3, 0.4) is 0 Å². The quantitative estimate of drug-likeness (QED) is 0.478. The molecule has 0 radical (unpaired) electrons. The largest absolute Gasteiger partial charge is 0.384 e. The first-order chi connectivity index (χ1) is 13.3. The molecule has 0 saturated heterocycles. The van der Waals surface area contributed by atoms with Crippen LogP contribution in [-0.4, -0.2) is 20.0 Å². The first kappa shape index (κ1) is 20.3. The maximum atomic E-state index is 13.2. The van der Waals surface area contributed by atoms with Crippen LogP contribution in [0.15, 0.2) is 29.2 Å². The minimum absolute atomic E-state index is 0.234. The summed E-state index contributed by atoms with van der Waals surface area (Å²) >= 11 is 1.64. The van der Waals surface area contributed by atoms with Gasteiger partial charge in [0.25, 0.3) is 11.0 Å². The van der Waals surface area contributed by atoms with E-state index in [1.807, 2.05) is 12.1 Å². The fraction of sp³-hybridized carbons (Fsp3) is 0.682. The topological polar surface area (TPSA) is 60.4 Å². The van der Waals surface area contributed by atoms with E-state index in [0.29, 0.717) is 18.0 Å². The van der Waals surface area contributed by atoms with Crippen LogP contribution in [0, 0.1) is 28.6 Å². The molecule has 4 fully saturated rings. The zero-order chi connectivity index (χ0) is 19.9. The van der Waals surface area contributed by atoms with E-state index < -0.39 is 11.0 Å². The summed E-state index contributed by atoms with van der Waals surface area (Å²) in [5.41, 5.74) is -0.00179. The van der Waals surface area contributed by atoms with Gasteiger partial charge >= 0.3 is 0 Å². The molecular formula is C22H30O4S2. The van der Waals surface area contributed by atoms with Gasteiger partial charge in [0.15, 0.2) is 0 Å².